The first-order chi connectivity index (χ1) is 14.1. The summed E-state index contributed by atoms with van der Waals surface area (Å²) < 4.78 is 1.63. The SMILES string of the molecule is CC1CCN(C(=O)c2nc(C(=O)Nc3cccc(C#N)c3)n3ccccc23)CC1. The molecule has 0 aliphatic carbocycles. The Balaban J connectivity index is 1.66. The number of nitrogens with one attached hydrogen (secondary N) is 1. The zero-order chi connectivity index (χ0) is 20.4. The fourth-order valence-corrected chi connectivity index (χ4v) is 3.57. The first-order valence-corrected chi connectivity index (χ1v) is 9.64. The average molecular weight is 387 g/mol. The molecule has 7 nitrogen and oxygen atoms in total. The molecule has 1 aliphatic heterocycles. The zero-order valence-corrected chi connectivity index (χ0v) is 16.1. The number of carbonyl (C=O) groups excluding carboxylic acids is 2. The quantitative estimate of drug-likeness (QED) is 0.746. The lowest BCUT2D eigenvalue weighted by atomic mass is 9.99. The van der Waals surface area contributed by atoms with Gasteiger partial charge in [-0.05, 0) is 49.1 Å². The number of nitriles is 1. The first-order valence-electron chi connectivity index (χ1n) is 9.64. The molecular formula is C22H21N5O2. The number of nitrogens with zero attached hydrogens (tertiary/aromatic N) is 4. The van der Waals surface area contributed by atoms with E-state index in [1.807, 2.05) is 17.0 Å². The number of amides is 2. The minimum Gasteiger partial charge on any atom is -0.337 e. The summed E-state index contributed by atoms with van der Waals surface area (Å²) in [7, 11) is 0. The largest absolute Gasteiger partial charge is 0.337 e. The fourth-order valence-electron chi connectivity index (χ4n) is 3.57. The number of pyridine rings is 1. The van der Waals surface area contributed by atoms with E-state index in [0.29, 0.717) is 35.8 Å². The van der Waals surface area contributed by atoms with Gasteiger partial charge in [-0.15, -0.1) is 0 Å². The van der Waals surface area contributed by atoms with E-state index in [1.165, 1.54) is 0 Å². The number of hydrogen-bond donors (Lipinski definition) is 1. The Morgan fingerprint density at radius 2 is 1.97 bits per heavy atom. The van der Waals surface area contributed by atoms with Crippen molar-refractivity contribution in [3.63, 3.8) is 0 Å². The van der Waals surface area contributed by atoms with Crippen LogP contribution in [0.5, 0.6) is 0 Å². The molecule has 0 spiro atoms. The van der Waals surface area contributed by atoms with Gasteiger partial charge >= 0.3 is 0 Å². The van der Waals surface area contributed by atoms with Crippen LogP contribution in [0.1, 0.15) is 46.4 Å². The third kappa shape index (κ3) is 3.69. The molecule has 3 heterocycles. The van der Waals surface area contributed by atoms with Crippen LogP contribution in [0.25, 0.3) is 5.52 Å². The van der Waals surface area contributed by atoms with E-state index in [1.54, 1.807) is 47.0 Å². The molecule has 1 aliphatic rings. The summed E-state index contributed by atoms with van der Waals surface area (Å²) in [6.45, 7) is 3.60. The second kappa shape index (κ2) is 7.76. The van der Waals surface area contributed by atoms with Gasteiger partial charge in [0.15, 0.2) is 5.69 Å². The van der Waals surface area contributed by atoms with E-state index in [-0.39, 0.29) is 17.4 Å². The number of hydrogen-bond acceptors (Lipinski definition) is 4. The normalized spacial score (nSPS) is 14.6. The third-order valence-electron chi connectivity index (χ3n) is 5.27. The molecule has 2 amide bonds. The van der Waals surface area contributed by atoms with Gasteiger partial charge in [0.25, 0.3) is 11.8 Å². The molecule has 4 rings (SSSR count). The predicted molar refractivity (Wildman–Crippen MR) is 109 cm³/mol. The molecule has 1 N–H and O–H groups in total. The van der Waals surface area contributed by atoms with E-state index in [0.717, 1.165) is 12.8 Å². The summed E-state index contributed by atoms with van der Waals surface area (Å²) in [5.74, 6) is 0.165. The zero-order valence-electron chi connectivity index (χ0n) is 16.1. The van der Waals surface area contributed by atoms with Crippen LogP contribution in [0.15, 0.2) is 48.7 Å². The Morgan fingerprint density at radius 3 is 2.72 bits per heavy atom. The number of rotatable bonds is 3. The molecule has 0 unspecified atom stereocenters. The van der Waals surface area contributed by atoms with Gasteiger partial charge in [0.05, 0.1) is 17.1 Å². The fraction of sp³-hybridized carbons (Fsp3) is 0.273. The van der Waals surface area contributed by atoms with Gasteiger partial charge in [-0.2, -0.15) is 5.26 Å². The van der Waals surface area contributed by atoms with Crippen molar-refractivity contribution in [3.8, 4) is 6.07 Å². The molecule has 0 saturated carbocycles. The van der Waals surface area contributed by atoms with Gasteiger partial charge < -0.3 is 10.2 Å². The van der Waals surface area contributed by atoms with E-state index < -0.39 is 5.91 Å². The van der Waals surface area contributed by atoms with Crippen molar-refractivity contribution in [2.75, 3.05) is 18.4 Å². The number of aromatic nitrogens is 2. The number of fused-ring (bicyclic) bond motifs is 1. The Labute approximate surface area is 168 Å². The van der Waals surface area contributed by atoms with Crippen molar-refractivity contribution in [2.45, 2.75) is 19.8 Å². The van der Waals surface area contributed by atoms with Crippen molar-refractivity contribution in [3.05, 3.63) is 65.7 Å². The van der Waals surface area contributed by atoms with E-state index in [2.05, 4.69) is 17.2 Å². The molecule has 0 bridgehead atoms. The molecule has 0 atom stereocenters. The van der Waals surface area contributed by atoms with Crippen molar-refractivity contribution in [2.24, 2.45) is 5.92 Å². The maximum atomic E-state index is 13.1. The molecule has 146 valence electrons. The van der Waals surface area contributed by atoms with Crippen molar-refractivity contribution < 1.29 is 9.59 Å². The van der Waals surface area contributed by atoms with Gasteiger partial charge in [-0.25, -0.2) is 4.98 Å². The molecule has 0 radical (unpaired) electrons. The number of carbonyl (C=O) groups is 2. The maximum Gasteiger partial charge on any atom is 0.292 e. The lowest BCUT2D eigenvalue weighted by Crippen LogP contribution is -2.38. The second-order valence-corrected chi connectivity index (χ2v) is 7.36. The lowest BCUT2D eigenvalue weighted by molar-refractivity contribution is 0.0694. The third-order valence-corrected chi connectivity index (χ3v) is 5.27. The molecule has 7 heteroatoms. The van der Waals surface area contributed by atoms with E-state index in [4.69, 9.17) is 5.26 Å². The van der Waals surface area contributed by atoms with Crippen molar-refractivity contribution >= 4 is 23.0 Å². The van der Waals surface area contributed by atoms with Crippen LogP contribution in [0.2, 0.25) is 0 Å². The number of anilines is 1. The maximum absolute atomic E-state index is 13.1. The van der Waals surface area contributed by atoms with Crippen LogP contribution >= 0.6 is 0 Å². The van der Waals surface area contributed by atoms with Gasteiger partial charge in [-0.3, -0.25) is 14.0 Å². The highest BCUT2D eigenvalue weighted by Crippen LogP contribution is 2.21. The van der Waals surface area contributed by atoms with Crippen molar-refractivity contribution in [1.29, 1.82) is 5.26 Å². The highest BCUT2D eigenvalue weighted by Gasteiger charge is 2.27. The molecule has 2 aromatic heterocycles. The Hall–Kier alpha value is -3.66. The molecule has 1 saturated heterocycles. The monoisotopic (exact) mass is 387 g/mol. The summed E-state index contributed by atoms with van der Waals surface area (Å²) >= 11 is 0. The molecular weight excluding hydrogens is 366 g/mol. The minimum atomic E-state index is -0.437. The topological polar surface area (TPSA) is 90.5 Å². The van der Waals surface area contributed by atoms with E-state index >= 15 is 0 Å². The van der Waals surface area contributed by atoms with Crippen LogP contribution in [-0.4, -0.2) is 39.2 Å². The summed E-state index contributed by atoms with van der Waals surface area (Å²) in [6.07, 6.45) is 3.66. The highest BCUT2D eigenvalue weighted by atomic mass is 16.2. The number of piperidine rings is 1. The van der Waals surface area contributed by atoms with Crippen LogP contribution in [0.4, 0.5) is 5.69 Å². The van der Waals surface area contributed by atoms with Gasteiger partial charge in [-0.1, -0.05) is 19.1 Å². The van der Waals surface area contributed by atoms with Crippen molar-refractivity contribution in [1.82, 2.24) is 14.3 Å². The van der Waals surface area contributed by atoms with Crippen LogP contribution < -0.4 is 5.32 Å². The van der Waals surface area contributed by atoms with Gasteiger partial charge in [0, 0.05) is 25.0 Å². The second-order valence-electron chi connectivity index (χ2n) is 7.36. The first kappa shape index (κ1) is 18.7. The summed E-state index contributed by atoms with van der Waals surface area (Å²) in [5.41, 5.74) is 1.84. The average Bonchev–Trinajstić information content (AvgIpc) is 3.14. The predicted octanol–water partition coefficient (Wildman–Crippen LogP) is 3.33. The van der Waals surface area contributed by atoms with Crippen LogP contribution in [0.3, 0.4) is 0 Å². The Morgan fingerprint density at radius 1 is 1.17 bits per heavy atom. The number of benzene rings is 1. The van der Waals surface area contributed by atoms with Gasteiger partial charge in [0.2, 0.25) is 5.82 Å². The summed E-state index contributed by atoms with van der Waals surface area (Å²) in [6, 6.07) is 14.1. The molecule has 1 aromatic carbocycles. The van der Waals surface area contributed by atoms with Gasteiger partial charge in [0.1, 0.15) is 0 Å². The number of likely N-dealkylation sites (tertiary alicyclic amines) is 1. The number of imidazole rings is 1. The standard InChI is InChI=1S/C22H21N5O2/c1-15-8-11-26(12-9-15)22(29)19-18-7-2-3-10-27(18)20(25-19)21(28)24-17-6-4-5-16(13-17)14-23/h2-7,10,13,15H,8-9,11-12H2,1H3,(H,24,28). The Kier molecular flexibility index (Phi) is 5.00. The summed E-state index contributed by atoms with van der Waals surface area (Å²) in [5, 5.41) is 11.8. The Bertz CT molecular complexity index is 1120. The molecule has 3 aromatic rings. The lowest BCUT2D eigenvalue weighted by Gasteiger charge is -2.29. The van der Waals surface area contributed by atoms with Crippen LogP contribution in [-0.2, 0) is 0 Å². The smallest absolute Gasteiger partial charge is 0.292 e. The van der Waals surface area contributed by atoms with Crippen LogP contribution in [0, 0.1) is 17.2 Å². The highest BCUT2D eigenvalue weighted by molar-refractivity contribution is 6.06. The molecule has 29 heavy (non-hydrogen) atoms. The minimum absolute atomic E-state index is 0.136. The molecule has 1 fully saturated rings. The van der Waals surface area contributed by atoms with E-state index in [9.17, 15) is 9.59 Å². The summed E-state index contributed by atoms with van der Waals surface area (Å²) in [4.78, 5) is 32.2.